The lowest BCUT2D eigenvalue weighted by Gasteiger charge is -2.22. The Morgan fingerprint density at radius 3 is 2.76 bits per heavy atom. The van der Waals surface area contributed by atoms with E-state index in [9.17, 15) is 9.59 Å². The average molecular weight is 489 g/mol. The van der Waals surface area contributed by atoms with Crippen LogP contribution in [0.25, 0.3) is 11.3 Å². The van der Waals surface area contributed by atoms with Crippen LogP contribution in [0.3, 0.4) is 0 Å². The van der Waals surface area contributed by atoms with Gasteiger partial charge < -0.3 is 25.4 Å². The van der Waals surface area contributed by atoms with E-state index in [1.54, 1.807) is 18.5 Å². The number of methoxy groups -OCH3 is 1. The number of pyridine rings is 1. The quantitative estimate of drug-likeness (QED) is 0.540. The van der Waals surface area contributed by atoms with Crippen LogP contribution in [0.2, 0.25) is 5.02 Å². The van der Waals surface area contributed by atoms with Crippen molar-refractivity contribution in [2.24, 2.45) is 11.8 Å². The van der Waals surface area contributed by atoms with E-state index in [4.69, 9.17) is 16.3 Å². The van der Waals surface area contributed by atoms with Gasteiger partial charge in [-0.25, -0.2) is 14.8 Å². The number of ether oxygens (including phenoxy) is 2. The number of hydrogen-bond donors (Lipinski definition) is 3. The fourth-order valence-corrected chi connectivity index (χ4v) is 4.49. The van der Waals surface area contributed by atoms with Gasteiger partial charge in [0.15, 0.2) is 0 Å². The normalized spacial score (nSPS) is 20.5. The van der Waals surface area contributed by atoms with Gasteiger partial charge in [-0.2, -0.15) is 0 Å². The van der Waals surface area contributed by atoms with Crippen molar-refractivity contribution in [3.05, 3.63) is 29.7 Å². The Kier molecular flexibility index (Phi) is 8.12. The third kappa shape index (κ3) is 6.32. The van der Waals surface area contributed by atoms with E-state index in [2.05, 4.69) is 35.6 Å². The van der Waals surface area contributed by atoms with Gasteiger partial charge in [0.05, 0.1) is 30.2 Å². The van der Waals surface area contributed by atoms with Crippen molar-refractivity contribution < 1.29 is 19.1 Å². The highest BCUT2D eigenvalue weighted by Crippen LogP contribution is 2.30. The fraction of sp³-hybridized carbons (Fsp3) is 0.522. The van der Waals surface area contributed by atoms with Crippen LogP contribution in [0.15, 0.2) is 24.7 Å². The van der Waals surface area contributed by atoms with Gasteiger partial charge in [-0.05, 0) is 44.1 Å². The summed E-state index contributed by atoms with van der Waals surface area (Å²) in [5.74, 6) is 1.23. The Bertz CT molecular complexity index is 1020. The van der Waals surface area contributed by atoms with E-state index in [1.807, 2.05) is 0 Å². The number of carbonyl (C=O) groups excluding carboxylic acids is 2. The molecule has 3 heterocycles. The molecular weight excluding hydrogens is 460 g/mol. The lowest BCUT2D eigenvalue weighted by atomic mass is 10.0. The van der Waals surface area contributed by atoms with E-state index < -0.39 is 6.09 Å². The second kappa shape index (κ2) is 11.4. The number of anilines is 2. The number of nitrogens with zero attached hydrogens (tertiary/aromatic N) is 3. The Morgan fingerprint density at radius 2 is 1.97 bits per heavy atom. The van der Waals surface area contributed by atoms with Crippen LogP contribution in [0.5, 0.6) is 0 Å². The van der Waals surface area contributed by atoms with Crippen LogP contribution in [0.4, 0.5) is 16.4 Å². The number of nitrogens with one attached hydrogen (secondary N) is 3. The van der Waals surface area contributed by atoms with Crippen LogP contribution in [0.1, 0.15) is 32.1 Å². The van der Waals surface area contributed by atoms with Crippen LogP contribution in [-0.4, -0.2) is 59.9 Å². The maximum Gasteiger partial charge on any atom is 0.407 e. The number of alkyl carbamates (subject to hydrolysis) is 1. The maximum atomic E-state index is 12.8. The number of carbonyl (C=O) groups is 2. The molecule has 0 bridgehead atoms. The standard InChI is InChI=1S/C23H29ClN6O4/c1-33-23(32)28-16-3-2-15(8-16)22(31)30-20-9-17(18(24)11-27-20)19-12-25-13-21(29-19)26-10-14-4-6-34-7-5-14/h9,11-16H,2-8,10H2,1H3,(H,26,29)(H,28,32)(H,27,30,31)/t15-,16+/m0/s1. The minimum absolute atomic E-state index is 0.0800. The number of rotatable bonds is 7. The second-order valence-electron chi connectivity index (χ2n) is 8.61. The topological polar surface area (TPSA) is 127 Å². The van der Waals surface area contributed by atoms with Gasteiger partial charge in [0.25, 0.3) is 0 Å². The minimum atomic E-state index is -0.486. The van der Waals surface area contributed by atoms with Crippen molar-refractivity contribution in [1.82, 2.24) is 20.3 Å². The monoisotopic (exact) mass is 488 g/mol. The highest BCUT2D eigenvalue weighted by atomic mass is 35.5. The van der Waals surface area contributed by atoms with Gasteiger partial charge in [-0.3, -0.25) is 9.78 Å². The van der Waals surface area contributed by atoms with Gasteiger partial charge in [0.2, 0.25) is 5.91 Å². The Hall–Kier alpha value is -2.98. The molecule has 1 saturated carbocycles. The molecule has 0 aromatic carbocycles. The molecule has 2 atom stereocenters. The predicted molar refractivity (Wildman–Crippen MR) is 128 cm³/mol. The van der Waals surface area contributed by atoms with E-state index in [1.165, 1.54) is 13.3 Å². The fourth-order valence-electron chi connectivity index (χ4n) is 4.29. The number of halogens is 1. The Morgan fingerprint density at radius 1 is 1.15 bits per heavy atom. The summed E-state index contributed by atoms with van der Waals surface area (Å²) in [7, 11) is 1.32. The lowest BCUT2D eigenvalue weighted by molar-refractivity contribution is -0.119. The largest absolute Gasteiger partial charge is 0.453 e. The molecule has 1 aliphatic heterocycles. The van der Waals surface area contributed by atoms with Crippen LogP contribution in [0, 0.1) is 11.8 Å². The Balaban J connectivity index is 1.39. The molecule has 2 fully saturated rings. The van der Waals surface area contributed by atoms with Crippen molar-refractivity contribution in [1.29, 1.82) is 0 Å². The van der Waals surface area contributed by atoms with Crippen LogP contribution < -0.4 is 16.0 Å². The van der Waals surface area contributed by atoms with Gasteiger partial charge in [0.1, 0.15) is 11.6 Å². The maximum absolute atomic E-state index is 12.8. The van der Waals surface area contributed by atoms with E-state index >= 15 is 0 Å². The van der Waals surface area contributed by atoms with Gasteiger partial charge in [-0.1, -0.05) is 11.6 Å². The third-order valence-corrected chi connectivity index (χ3v) is 6.54. The third-order valence-electron chi connectivity index (χ3n) is 6.24. The molecule has 2 amide bonds. The molecule has 11 heteroatoms. The summed E-state index contributed by atoms with van der Waals surface area (Å²) in [5, 5.41) is 9.38. The summed E-state index contributed by atoms with van der Waals surface area (Å²) in [6.45, 7) is 2.39. The summed E-state index contributed by atoms with van der Waals surface area (Å²) < 4.78 is 10.0. The first-order valence-electron chi connectivity index (χ1n) is 11.5. The number of hydrogen-bond acceptors (Lipinski definition) is 8. The molecule has 34 heavy (non-hydrogen) atoms. The molecule has 10 nitrogen and oxygen atoms in total. The first kappa shape index (κ1) is 24.2. The molecule has 4 rings (SSSR count). The summed E-state index contributed by atoms with van der Waals surface area (Å²) in [5.41, 5.74) is 1.22. The van der Waals surface area contributed by atoms with E-state index in [-0.39, 0.29) is 17.9 Å². The lowest BCUT2D eigenvalue weighted by Crippen LogP contribution is -2.33. The zero-order valence-electron chi connectivity index (χ0n) is 19.1. The van der Waals surface area contributed by atoms with E-state index in [0.29, 0.717) is 46.7 Å². The predicted octanol–water partition coefficient (Wildman–Crippen LogP) is 3.49. The Labute approximate surface area is 203 Å². The number of amides is 2. The van der Waals surface area contributed by atoms with Crippen molar-refractivity contribution in [2.75, 3.05) is 37.5 Å². The van der Waals surface area contributed by atoms with Crippen molar-refractivity contribution in [2.45, 2.75) is 38.1 Å². The molecule has 1 aliphatic carbocycles. The minimum Gasteiger partial charge on any atom is -0.453 e. The molecule has 0 radical (unpaired) electrons. The number of aromatic nitrogens is 3. The summed E-state index contributed by atoms with van der Waals surface area (Å²) in [4.78, 5) is 37.4. The first-order valence-corrected chi connectivity index (χ1v) is 11.8. The van der Waals surface area contributed by atoms with Crippen LogP contribution >= 0.6 is 11.6 Å². The first-order chi connectivity index (χ1) is 16.5. The van der Waals surface area contributed by atoms with Gasteiger partial charge >= 0.3 is 6.09 Å². The van der Waals surface area contributed by atoms with Crippen LogP contribution in [-0.2, 0) is 14.3 Å². The van der Waals surface area contributed by atoms with Crippen molar-refractivity contribution >= 4 is 35.2 Å². The summed E-state index contributed by atoms with van der Waals surface area (Å²) in [6, 6.07) is 1.62. The molecule has 3 N–H and O–H groups in total. The SMILES string of the molecule is COC(=O)N[C@@H]1CC[C@H](C(=O)Nc2cc(-c3cncc(NCC4CCOCC4)n3)c(Cl)cn2)C1. The molecule has 1 saturated heterocycles. The second-order valence-corrected chi connectivity index (χ2v) is 9.01. The van der Waals surface area contributed by atoms with Gasteiger partial charge in [0, 0.05) is 43.5 Å². The molecule has 0 unspecified atom stereocenters. The van der Waals surface area contributed by atoms with Crippen molar-refractivity contribution in [3.8, 4) is 11.3 Å². The smallest absolute Gasteiger partial charge is 0.407 e. The summed E-state index contributed by atoms with van der Waals surface area (Å²) in [6.07, 6.45) is 8.32. The molecule has 2 aliphatic rings. The average Bonchev–Trinajstić information content (AvgIpc) is 3.33. The summed E-state index contributed by atoms with van der Waals surface area (Å²) >= 11 is 6.40. The van der Waals surface area contributed by atoms with Crippen molar-refractivity contribution in [3.63, 3.8) is 0 Å². The molecular formula is C23H29ClN6O4. The molecule has 2 aromatic heterocycles. The zero-order valence-corrected chi connectivity index (χ0v) is 19.8. The zero-order chi connectivity index (χ0) is 23.9. The highest BCUT2D eigenvalue weighted by Gasteiger charge is 2.31. The molecule has 182 valence electrons. The molecule has 0 spiro atoms. The van der Waals surface area contributed by atoms with E-state index in [0.717, 1.165) is 39.0 Å². The molecule has 2 aromatic rings. The highest BCUT2D eigenvalue weighted by molar-refractivity contribution is 6.33. The van der Waals surface area contributed by atoms with Gasteiger partial charge in [-0.15, -0.1) is 0 Å².